The van der Waals surface area contributed by atoms with Crippen molar-refractivity contribution in [1.82, 2.24) is 9.55 Å². The van der Waals surface area contributed by atoms with E-state index < -0.39 is 0 Å². The predicted octanol–water partition coefficient (Wildman–Crippen LogP) is 1.97. The molecule has 3 nitrogen and oxygen atoms in total. The lowest BCUT2D eigenvalue weighted by molar-refractivity contribution is 0.475. The van der Waals surface area contributed by atoms with Gasteiger partial charge in [-0.15, -0.1) is 0 Å². The van der Waals surface area contributed by atoms with Crippen molar-refractivity contribution in [2.75, 3.05) is 11.5 Å². The normalized spacial score (nSPS) is 24.9. The van der Waals surface area contributed by atoms with Gasteiger partial charge in [0.05, 0.1) is 12.0 Å². The van der Waals surface area contributed by atoms with Gasteiger partial charge in [0.1, 0.15) is 0 Å². The van der Waals surface area contributed by atoms with Crippen LogP contribution >= 0.6 is 11.8 Å². The van der Waals surface area contributed by atoms with Crippen molar-refractivity contribution in [3.05, 3.63) is 18.2 Å². The van der Waals surface area contributed by atoms with Crippen LogP contribution in [0.2, 0.25) is 0 Å². The molecule has 0 spiro atoms. The molecule has 2 N–H and O–H groups in total. The molecule has 1 aromatic heterocycles. The summed E-state index contributed by atoms with van der Waals surface area (Å²) in [7, 11) is 0. The highest BCUT2D eigenvalue weighted by Gasteiger charge is 2.18. The molecule has 78 valence electrons. The number of thioether (sulfide) groups is 1. The van der Waals surface area contributed by atoms with Gasteiger partial charge in [0.15, 0.2) is 0 Å². The molecular formula is C10H17N3S. The van der Waals surface area contributed by atoms with Gasteiger partial charge in [0, 0.05) is 24.0 Å². The van der Waals surface area contributed by atoms with E-state index in [1.807, 2.05) is 31.2 Å². The zero-order valence-electron chi connectivity index (χ0n) is 8.52. The Labute approximate surface area is 89.1 Å². The fourth-order valence-corrected chi connectivity index (χ4v) is 3.05. The monoisotopic (exact) mass is 211 g/mol. The van der Waals surface area contributed by atoms with E-state index in [0.717, 1.165) is 5.69 Å². The molecule has 2 atom stereocenters. The molecule has 1 aliphatic heterocycles. The third kappa shape index (κ3) is 1.96. The SMILES string of the molecule is C[C@@H](N)c1cncn1C1CCCSC1. The largest absolute Gasteiger partial charge is 0.329 e. The highest BCUT2D eigenvalue weighted by molar-refractivity contribution is 7.99. The van der Waals surface area contributed by atoms with Gasteiger partial charge < -0.3 is 10.3 Å². The van der Waals surface area contributed by atoms with E-state index >= 15 is 0 Å². The second-order valence-electron chi connectivity index (χ2n) is 3.89. The van der Waals surface area contributed by atoms with E-state index in [1.165, 1.54) is 24.3 Å². The summed E-state index contributed by atoms with van der Waals surface area (Å²) in [5, 5.41) is 0. The molecule has 0 bridgehead atoms. The molecule has 1 aliphatic rings. The average molecular weight is 211 g/mol. The van der Waals surface area contributed by atoms with Crippen molar-refractivity contribution >= 4 is 11.8 Å². The summed E-state index contributed by atoms with van der Waals surface area (Å²) in [6.07, 6.45) is 6.40. The van der Waals surface area contributed by atoms with Crippen LogP contribution in [-0.2, 0) is 0 Å². The minimum atomic E-state index is 0.0874. The lowest BCUT2D eigenvalue weighted by Gasteiger charge is -2.25. The number of nitrogens with two attached hydrogens (primary N) is 1. The summed E-state index contributed by atoms with van der Waals surface area (Å²) >= 11 is 2.03. The molecule has 1 aromatic rings. The van der Waals surface area contributed by atoms with E-state index in [2.05, 4.69) is 9.55 Å². The number of rotatable bonds is 2. The summed E-state index contributed by atoms with van der Waals surface area (Å²) in [5.41, 5.74) is 7.06. The topological polar surface area (TPSA) is 43.8 Å². The lowest BCUT2D eigenvalue weighted by atomic mass is 10.1. The molecule has 2 rings (SSSR count). The maximum Gasteiger partial charge on any atom is 0.0951 e. The minimum Gasteiger partial charge on any atom is -0.329 e. The first-order valence-electron chi connectivity index (χ1n) is 5.14. The summed E-state index contributed by atoms with van der Waals surface area (Å²) in [6.45, 7) is 2.02. The smallest absolute Gasteiger partial charge is 0.0951 e. The van der Waals surface area contributed by atoms with Gasteiger partial charge >= 0.3 is 0 Å². The molecule has 1 unspecified atom stereocenters. The molecule has 1 saturated heterocycles. The van der Waals surface area contributed by atoms with Crippen LogP contribution in [-0.4, -0.2) is 21.1 Å². The van der Waals surface area contributed by atoms with E-state index in [-0.39, 0.29) is 6.04 Å². The maximum atomic E-state index is 5.90. The van der Waals surface area contributed by atoms with Gasteiger partial charge in [-0.3, -0.25) is 0 Å². The average Bonchev–Trinajstić information content (AvgIpc) is 2.67. The van der Waals surface area contributed by atoms with Crippen molar-refractivity contribution in [3.63, 3.8) is 0 Å². The third-order valence-corrected chi connectivity index (χ3v) is 3.89. The molecule has 1 fully saturated rings. The van der Waals surface area contributed by atoms with Crippen LogP contribution in [0.1, 0.15) is 37.5 Å². The van der Waals surface area contributed by atoms with Gasteiger partial charge in [-0.05, 0) is 25.5 Å². The van der Waals surface area contributed by atoms with E-state index in [9.17, 15) is 0 Å². The molecule has 0 amide bonds. The van der Waals surface area contributed by atoms with Gasteiger partial charge in [0.2, 0.25) is 0 Å². The van der Waals surface area contributed by atoms with Crippen LogP contribution in [0.15, 0.2) is 12.5 Å². The fraction of sp³-hybridized carbons (Fsp3) is 0.700. The number of hydrogen-bond acceptors (Lipinski definition) is 3. The molecule has 4 heteroatoms. The van der Waals surface area contributed by atoms with Gasteiger partial charge in [-0.2, -0.15) is 11.8 Å². The molecule has 2 heterocycles. The first-order valence-corrected chi connectivity index (χ1v) is 6.29. The molecule has 14 heavy (non-hydrogen) atoms. The summed E-state index contributed by atoms with van der Waals surface area (Å²) in [4.78, 5) is 4.19. The first kappa shape index (κ1) is 10.1. The number of hydrogen-bond donors (Lipinski definition) is 1. The quantitative estimate of drug-likeness (QED) is 0.813. The third-order valence-electron chi connectivity index (χ3n) is 2.69. The number of aromatic nitrogens is 2. The highest BCUT2D eigenvalue weighted by Crippen LogP contribution is 2.28. The zero-order chi connectivity index (χ0) is 9.97. The van der Waals surface area contributed by atoms with E-state index in [4.69, 9.17) is 5.73 Å². The Morgan fingerprint density at radius 2 is 2.57 bits per heavy atom. The highest BCUT2D eigenvalue weighted by atomic mass is 32.2. The molecular weight excluding hydrogens is 194 g/mol. The standard InChI is InChI=1S/C10H17N3S/c1-8(11)10-5-12-7-13(10)9-3-2-4-14-6-9/h5,7-9H,2-4,6,11H2,1H3/t8-,9?/m1/s1. The van der Waals surface area contributed by atoms with Crippen LogP contribution in [0, 0.1) is 0 Å². The van der Waals surface area contributed by atoms with Crippen molar-refractivity contribution in [3.8, 4) is 0 Å². The van der Waals surface area contributed by atoms with Gasteiger partial charge in [-0.25, -0.2) is 4.98 Å². The van der Waals surface area contributed by atoms with E-state index in [1.54, 1.807) is 0 Å². The minimum absolute atomic E-state index is 0.0874. The Kier molecular flexibility index (Phi) is 3.13. The second kappa shape index (κ2) is 4.36. The van der Waals surface area contributed by atoms with Crippen LogP contribution in [0.3, 0.4) is 0 Å². The Morgan fingerprint density at radius 3 is 3.21 bits per heavy atom. The fourth-order valence-electron chi connectivity index (χ4n) is 1.92. The Bertz CT molecular complexity index is 289. The van der Waals surface area contributed by atoms with Crippen LogP contribution in [0.25, 0.3) is 0 Å². The van der Waals surface area contributed by atoms with E-state index in [0.29, 0.717) is 6.04 Å². The Balaban J connectivity index is 2.17. The molecule has 0 saturated carbocycles. The van der Waals surface area contributed by atoms with Crippen LogP contribution in [0.5, 0.6) is 0 Å². The Hall–Kier alpha value is -0.480. The number of imidazole rings is 1. The maximum absolute atomic E-state index is 5.90. The molecule has 0 aliphatic carbocycles. The summed E-state index contributed by atoms with van der Waals surface area (Å²) in [6, 6.07) is 0.696. The van der Waals surface area contributed by atoms with Crippen LogP contribution in [0.4, 0.5) is 0 Å². The summed E-state index contributed by atoms with van der Waals surface area (Å²) < 4.78 is 2.26. The van der Waals surface area contributed by atoms with Crippen molar-refractivity contribution in [1.29, 1.82) is 0 Å². The lowest BCUT2D eigenvalue weighted by Crippen LogP contribution is -2.20. The molecule has 0 aromatic carbocycles. The second-order valence-corrected chi connectivity index (χ2v) is 5.04. The van der Waals surface area contributed by atoms with Gasteiger partial charge in [0.25, 0.3) is 0 Å². The first-order chi connectivity index (χ1) is 6.79. The number of nitrogens with zero attached hydrogens (tertiary/aromatic N) is 2. The van der Waals surface area contributed by atoms with Gasteiger partial charge in [-0.1, -0.05) is 0 Å². The van der Waals surface area contributed by atoms with Crippen molar-refractivity contribution in [2.24, 2.45) is 5.73 Å². The predicted molar refractivity (Wildman–Crippen MR) is 60.4 cm³/mol. The van der Waals surface area contributed by atoms with Crippen molar-refractivity contribution in [2.45, 2.75) is 31.8 Å². The zero-order valence-corrected chi connectivity index (χ0v) is 9.33. The molecule has 0 radical (unpaired) electrons. The summed E-state index contributed by atoms with van der Waals surface area (Å²) in [5.74, 6) is 2.51. The van der Waals surface area contributed by atoms with Crippen molar-refractivity contribution < 1.29 is 0 Å². The Morgan fingerprint density at radius 1 is 1.71 bits per heavy atom. The van der Waals surface area contributed by atoms with Crippen LogP contribution < -0.4 is 5.73 Å².